The Balaban J connectivity index is 1.97. The standard InChI is InChI=1S/C14H31N3O2S/c1-3-4-14-20(18,19)15-8-6-5-7-9-17-12-10-16(2)11-13-17/h15H,3-14H2,1-2H3. The van der Waals surface area contributed by atoms with Gasteiger partial charge >= 0.3 is 0 Å². The molecule has 0 atom stereocenters. The van der Waals surface area contributed by atoms with E-state index in [1.807, 2.05) is 6.92 Å². The fourth-order valence-corrected chi connectivity index (χ4v) is 3.61. The predicted octanol–water partition coefficient (Wildman–Crippen LogP) is 1.12. The van der Waals surface area contributed by atoms with E-state index in [-0.39, 0.29) is 5.75 Å². The lowest BCUT2D eigenvalue weighted by atomic mass is 10.2. The zero-order chi connectivity index (χ0) is 14.8. The molecule has 0 unspecified atom stereocenters. The van der Waals surface area contributed by atoms with Crippen LogP contribution in [-0.2, 0) is 10.0 Å². The van der Waals surface area contributed by atoms with Gasteiger partial charge in [-0.1, -0.05) is 19.8 Å². The van der Waals surface area contributed by atoms with Crippen LogP contribution in [0.4, 0.5) is 0 Å². The minimum absolute atomic E-state index is 0.269. The first-order chi connectivity index (χ1) is 9.53. The molecule has 0 radical (unpaired) electrons. The summed E-state index contributed by atoms with van der Waals surface area (Å²) in [6, 6.07) is 0. The first-order valence-corrected chi connectivity index (χ1v) is 9.57. The molecule has 1 fully saturated rings. The number of piperazine rings is 1. The Morgan fingerprint density at radius 2 is 1.70 bits per heavy atom. The normalized spacial score (nSPS) is 18.5. The quantitative estimate of drug-likeness (QED) is 0.615. The minimum Gasteiger partial charge on any atom is -0.304 e. The number of sulfonamides is 1. The van der Waals surface area contributed by atoms with Crippen LogP contribution in [0.1, 0.15) is 39.0 Å². The van der Waals surface area contributed by atoms with Crippen molar-refractivity contribution >= 4 is 10.0 Å². The number of hydrogen-bond acceptors (Lipinski definition) is 4. The zero-order valence-electron chi connectivity index (χ0n) is 13.1. The minimum atomic E-state index is -3.02. The molecule has 0 bridgehead atoms. The largest absolute Gasteiger partial charge is 0.304 e. The van der Waals surface area contributed by atoms with E-state index in [1.165, 1.54) is 19.5 Å². The molecule has 0 aliphatic carbocycles. The molecular formula is C14H31N3O2S. The van der Waals surface area contributed by atoms with Crippen molar-refractivity contribution in [2.24, 2.45) is 0 Å². The van der Waals surface area contributed by atoms with Crippen molar-refractivity contribution in [3.63, 3.8) is 0 Å². The zero-order valence-corrected chi connectivity index (χ0v) is 13.9. The van der Waals surface area contributed by atoms with Crippen LogP contribution in [0.2, 0.25) is 0 Å². The fraction of sp³-hybridized carbons (Fsp3) is 1.00. The maximum Gasteiger partial charge on any atom is 0.211 e. The van der Waals surface area contributed by atoms with Gasteiger partial charge in [0.15, 0.2) is 0 Å². The second-order valence-electron chi connectivity index (χ2n) is 5.77. The average molecular weight is 305 g/mol. The molecular weight excluding hydrogens is 274 g/mol. The molecule has 5 nitrogen and oxygen atoms in total. The van der Waals surface area contributed by atoms with Gasteiger partial charge in [-0.15, -0.1) is 0 Å². The summed E-state index contributed by atoms with van der Waals surface area (Å²) in [4.78, 5) is 4.87. The summed E-state index contributed by atoms with van der Waals surface area (Å²) < 4.78 is 25.8. The molecule has 20 heavy (non-hydrogen) atoms. The summed E-state index contributed by atoms with van der Waals surface area (Å²) in [6.45, 7) is 8.41. The third-order valence-corrected chi connectivity index (χ3v) is 5.31. The smallest absolute Gasteiger partial charge is 0.211 e. The third kappa shape index (κ3) is 8.19. The van der Waals surface area contributed by atoms with Crippen LogP contribution < -0.4 is 4.72 Å². The molecule has 0 aromatic heterocycles. The van der Waals surface area contributed by atoms with Crippen LogP contribution in [0.15, 0.2) is 0 Å². The fourth-order valence-electron chi connectivity index (χ4n) is 2.34. The molecule has 0 aromatic rings. The van der Waals surface area contributed by atoms with Gasteiger partial charge in [-0.05, 0) is 32.9 Å². The number of unbranched alkanes of at least 4 members (excludes halogenated alkanes) is 3. The lowest BCUT2D eigenvalue weighted by Crippen LogP contribution is -2.44. The van der Waals surface area contributed by atoms with Crippen molar-refractivity contribution in [2.45, 2.75) is 39.0 Å². The number of hydrogen-bond donors (Lipinski definition) is 1. The van der Waals surface area contributed by atoms with Gasteiger partial charge < -0.3 is 9.80 Å². The van der Waals surface area contributed by atoms with E-state index < -0.39 is 10.0 Å². The Morgan fingerprint density at radius 1 is 1.00 bits per heavy atom. The highest BCUT2D eigenvalue weighted by molar-refractivity contribution is 7.89. The Kier molecular flexibility index (Phi) is 8.68. The summed E-state index contributed by atoms with van der Waals surface area (Å²) in [5.74, 6) is 0.269. The third-order valence-electron chi connectivity index (χ3n) is 3.84. The van der Waals surface area contributed by atoms with Crippen molar-refractivity contribution in [2.75, 3.05) is 52.1 Å². The summed E-state index contributed by atoms with van der Waals surface area (Å²) >= 11 is 0. The highest BCUT2D eigenvalue weighted by Crippen LogP contribution is 2.03. The Bertz CT molecular complexity index is 338. The number of rotatable bonds is 10. The van der Waals surface area contributed by atoms with Crippen molar-refractivity contribution in [3.05, 3.63) is 0 Å². The lowest BCUT2D eigenvalue weighted by molar-refractivity contribution is 0.152. The molecule has 1 N–H and O–H groups in total. The summed E-state index contributed by atoms with van der Waals surface area (Å²) in [7, 11) is -0.855. The maximum absolute atomic E-state index is 11.6. The van der Waals surface area contributed by atoms with Crippen LogP contribution in [0, 0.1) is 0 Å². The van der Waals surface area contributed by atoms with Gasteiger partial charge in [0.1, 0.15) is 0 Å². The maximum atomic E-state index is 11.6. The highest BCUT2D eigenvalue weighted by atomic mass is 32.2. The molecule has 120 valence electrons. The first kappa shape index (κ1) is 17.9. The highest BCUT2D eigenvalue weighted by Gasteiger charge is 2.12. The van der Waals surface area contributed by atoms with Crippen molar-refractivity contribution in [3.8, 4) is 0 Å². The molecule has 1 heterocycles. The lowest BCUT2D eigenvalue weighted by Gasteiger charge is -2.32. The number of nitrogens with one attached hydrogen (secondary N) is 1. The summed E-state index contributed by atoms with van der Waals surface area (Å²) in [6.07, 6.45) is 4.88. The molecule has 0 amide bonds. The van der Waals surface area contributed by atoms with Crippen LogP contribution >= 0.6 is 0 Å². The van der Waals surface area contributed by atoms with Crippen LogP contribution in [0.5, 0.6) is 0 Å². The second-order valence-corrected chi connectivity index (χ2v) is 7.70. The average Bonchev–Trinajstić information content (AvgIpc) is 2.42. The van der Waals surface area contributed by atoms with E-state index in [9.17, 15) is 8.42 Å². The summed E-state index contributed by atoms with van der Waals surface area (Å²) in [5, 5.41) is 0. The van der Waals surface area contributed by atoms with E-state index in [0.29, 0.717) is 6.54 Å². The summed E-state index contributed by atoms with van der Waals surface area (Å²) in [5.41, 5.74) is 0. The van der Waals surface area contributed by atoms with Crippen molar-refractivity contribution in [1.82, 2.24) is 14.5 Å². The number of likely N-dealkylation sites (N-methyl/N-ethyl adjacent to an activating group) is 1. The molecule has 1 rings (SSSR count). The second kappa shape index (κ2) is 9.71. The topological polar surface area (TPSA) is 52.7 Å². The van der Waals surface area contributed by atoms with E-state index >= 15 is 0 Å². The first-order valence-electron chi connectivity index (χ1n) is 7.92. The van der Waals surface area contributed by atoms with Gasteiger partial charge in [0.05, 0.1) is 5.75 Å². The van der Waals surface area contributed by atoms with Gasteiger partial charge in [-0.2, -0.15) is 0 Å². The van der Waals surface area contributed by atoms with E-state index in [4.69, 9.17) is 0 Å². The Labute approximate surface area is 124 Å². The predicted molar refractivity (Wildman–Crippen MR) is 84.5 cm³/mol. The number of nitrogens with zero attached hydrogens (tertiary/aromatic N) is 2. The van der Waals surface area contributed by atoms with Crippen LogP contribution in [0.3, 0.4) is 0 Å². The van der Waals surface area contributed by atoms with Crippen molar-refractivity contribution in [1.29, 1.82) is 0 Å². The molecule has 0 saturated carbocycles. The van der Waals surface area contributed by atoms with Gasteiger partial charge in [0.2, 0.25) is 10.0 Å². The molecule has 0 spiro atoms. The van der Waals surface area contributed by atoms with Crippen LogP contribution in [-0.4, -0.2) is 70.3 Å². The van der Waals surface area contributed by atoms with E-state index in [0.717, 1.165) is 45.3 Å². The molecule has 6 heteroatoms. The van der Waals surface area contributed by atoms with Crippen LogP contribution in [0.25, 0.3) is 0 Å². The van der Waals surface area contributed by atoms with Gasteiger partial charge in [0, 0.05) is 32.7 Å². The van der Waals surface area contributed by atoms with Crippen molar-refractivity contribution < 1.29 is 8.42 Å². The Morgan fingerprint density at radius 3 is 2.35 bits per heavy atom. The molecule has 1 saturated heterocycles. The van der Waals surface area contributed by atoms with E-state index in [1.54, 1.807) is 0 Å². The molecule has 1 aliphatic heterocycles. The van der Waals surface area contributed by atoms with Gasteiger partial charge in [-0.25, -0.2) is 13.1 Å². The van der Waals surface area contributed by atoms with E-state index in [2.05, 4.69) is 21.6 Å². The Hall–Kier alpha value is -0.170. The molecule has 1 aliphatic rings. The van der Waals surface area contributed by atoms with Gasteiger partial charge in [0.25, 0.3) is 0 Å². The SMILES string of the molecule is CCCCS(=O)(=O)NCCCCCN1CCN(C)CC1. The monoisotopic (exact) mass is 305 g/mol. The molecule has 0 aromatic carbocycles. The van der Waals surface area contributed by atoms with Gasteiger partial charge in [-0.3, -0.25) is 0 Å².